The van der Waals surface area contributed by atoms with Crippen molar-refractivity contribution in [3.63, 3.8) is 0 Å². The van der Waals surface area contributed by atoms with Crippen LogP contribution in [-0.2, 0) is 0 Å². The highest BCUT2D eigenvalue weighted by atomic mass is 15.1. The Morgan fingerprint density at radius 1 is 0.625 bits per heavy atom. The Kier molecular flexibility index (Phi) is 19.2. The molecular formula is C22H48N2. The number of hydrogen-bond acceptors (Lipinski definition) is 2. The van der Waals surface area contributed by atoms with Crippen LogP contribution in [0.5, 0.6) is 0 Å². The molecule has 0 rings (SSSR count). The lowest BCUT2D eigenvalue weighted by Crippen LogP contribution is -2.33. The average Bonchev–Trinajstić information content (AvgIpc) is 2.59. The first-order chi connectivity index (χ1) is 11.8. The van der Waals surface area contributed by atoms with Crippen LogP contribution in [0.15, 0.2) is 0 Å². The third-order valence-corrected chi connectivity index (χ3v) is 5.37. The van der Waals surface area contributed by atoms with E-state index in [-0.39, 0.29) is 0 Å². The lowest BCUT2D eigenvalue weighted by Gasteiger charge is -2.28. The quantitative estimate of drug-likeness (QED) is 0.271. The van der Waals surface area contributed by atoms with Crippen LogP contribution in [-0.4, -0.2) is 31.1 Å². The third-order valence-electron chi connectivity index (χ3n) is 5.37. The van der Waals surface area contributed by atoms with Gasteiger partial charge < -0.3 is 10.6 Å². The molecule has 0 heterocycles. The molecule has 0 fully saturated rings. The molecule has 146 valence electrons. The summed E-state index contributed by atoms with van der Waals surface area (Å²) >= 11 is 0. The molecule has 0 radical (unpaired) electrons. The molecule has 0 aromatic carbocycles. The van der Waals surface area contributed by atoms with Gasteiger partial charge in [-0.2, -0.15) is 0 Å². The van der Waals surface area contributed by atoms with E-state index in [2.05, 4.69) is 25.8 Å². The predicted octanol–water partition coefficient (Wildman–Crippen LogP) is 6.53. The van der Waals surface area contributed by atoms with Crippen LogP contribution in [0.3, 0.4) is 0 Å². The number of nitrogens with zero attached hydrogens (tertiary/aromatic N) is 1. The van der Waals surface area contributed by atoms with E-state index >= 15 is 0 Å². The van der Waals surface area contributed by atoms with E-state index < -0.39 is 0 Å². The van der Waals surface area contributed by atoms with Gasteiger partial charge in [0.05, 0.1) is 0 Å². The zero-order valence-corrected chi connectivity index (χ0v) is 17.3. The molecule has 0 aliphatic heterocycles. The van der Waals surface area contributed by atoms with Gasteiger partial charge in [0.15, 0.2) is 0 Å². The van der Waals surface area contributed by atoms with Crippen molar-refractivity contribution in [2.45, 2.75) is 123 Å². The van der Waals surface area contributed by atoms with Crippen LogP contribution in [0.2, 0.25) is 0 Å². The normalized spacial score (nSPS) is 12.9. The second-order valence-electron chi connectivity index (χ2n) is 7.74. The molecule has 24 heavy (non-hydrogen) atoms. The molecule has 0 amide bonds. The molecule has 0 spiro atoms. The van der Waals surface area contributed by atoms with Crippen LogP contribution in [0, 0.1) is 0 Å². The van der Waals surface area contributed by atoms with Gasteiger partial charge in [-0.05, 0) is 39.4 Å². The van der Waals surface area contributed by atoms with Crippen LogP contribution in [0.25, 0.3) is 0 Å². The van der Waals surface area contributed by atoms with Crippen molar-refractivity contribution in [2.24, 2.45) is 5.73 Å². The van der Waals surface area contributed by atoms with Gasteiger partial charge in [0, 0.05) is 6.04 Å². The molecule has 0 aliphatic rings. The first kappa shape index (κ1) is 23.9. The summed E-state index contributed by atoms with van der Waals surface area (Å²) in [7, 11) is 2.31. The maximum atomic E-state index is 5.68. The smallest absolute Gasteiger partial charge is 0.00922 e. The summed E-state index contributed by atoms with van der Waals surface area (Å²) in [6.45, 7) is 6.59. The van der Waals surface area contributed by atoms with E-state index in [1.54, 1.807) is 0 Å². The molecule has 0 saturated carbocycles. The Bertz CT molecular complexity index is 230. The molecule has 1 atom stereocenters. The van der Waals surface area contributed by atoms with Crippen molar-refractivity contribution in [1.82, 2.24) is 4.90 Å². The van der Waals surface area contributed by atoms with E-state index in [0.29, 0.717) is 0 Å². The monoisotopic (exact) mass is 340 g/mol. The molecule has 0 aliphatic carbocycles. The standard InChI is InChI=1S/C22H48N2/c1-4-6-8-9-10-11-12-13-14-16-19-22(18-15-7-5-2)24(3)21-17-20-23/h22H,4-21,23H2,1-3H3. The van der Waals surface area contributed by atoms with Crippen molar-refractivity contribution in [1.29, 1.82) is 0 Å². The second-order valence-corrected chi connectivity index (χ2v) is 7.74. The van der Waals surface area contributed by atoms with Gasteiger partial charge in [0.2, 0.25) is 0 Å². The lowest BCUT2D eigenvalue weighted by atomic mass is 9.99. The Balaban J connectivity index is 3.68. The fraction of sp³-hybridized carbons (Fsp3) is 1.00. The van der Waals surface area contributed by atoms with Gasteiger partial charge in [-0.25, -0.2) is 0 Å². The summed E-state index contributed by atoms with van der Waals surface area (Å²) in [5, 5.41) is 0. The van der Waals surface area contributed by atoms with Crippen molar-refractivity contribution < 1.29 is 0 Å². The van der Waals surface area contributed by atoms with Crippen molar-refractivity contribution in [3.8, 4) is 0 Å². The Hall–Kier alpha value is -0.0800. The summed E-state index contributed by atoms with van der Waals surface area (Å²) in [6.07, 6.45) is 22.4. The lowest BCUT2D eigenvalue weighted by molar-refractivity contribution is 0.209. The molecule has 2 heteroatoms. The molecule has 1 unspecified atom stereocenters. The molecule has 0 aromatic heterocycles. The fourth-order valence-electron chi connectivity index (χ4n) is 3.61. The summed E-state index contributed by atoms with van der Waals surface area (Å²) < 4.78 is 0. The molecule has 0 saturated heterocycles. The summed E-state index contributed by atoms with van der Waals surface area (Å²) in [5.41, 5.74) is 5.68. The molecule has 2 nitrogen and oxygen atoms in total. The first-order valence-electron chi connectivity index (χ1n) is 11.2. The van der Waals surface area contributed by atoms with E-state index in [1.165, 1.54) is 103 Å². The maximum absolute atomic E-state index is 5.68. The highest BCUT2D eigenvalue weighted by Gasteiger charge is 2.13. The number of unbranched alkanes of at least 4 members (excludes halogenated alkanes) is 11. The number of nitrogens with two attached hydrogens (primary N) is 1. The van der Waals surface area contributed by atoms with Crippen LogP contribution in [0.1, 0.15) is 117 Å². The van der Waals surface area contributed by atoms with E-state index in [1.807, 2.05) is 0 Å². The summed E-state index contributed by atoms with van der Waals surface area (Å²) in [5.74, 6) is 0. The Labute approximate surface area is 154 Å². The van der Waals surface area contributed by atoms with Crippen molar-refractivity contribution >= 4 is 0 Å². The van der Waals surface area contributed by atoms with Gasteiger partial charge >= 0.3 is 0 Å². The topological polar surface area (TPSA) is 29.3 Å². The minimum atomic E-state index is 0.789. The highest BCUT2D eigenvalue weighted by Crippen LogP contribution is 2.17. The fourth-order valence-corrected chi connectivity index (χ4v) is 3.61. The minimum absolute atomic E-state index is 0.789. The first-order valence-corrected chi connectivity index (χ1v) is 11.2. The summed E-state index contributed by atoms with van der Waals surface area (Å²) in [6, 6.07) is 0.789. The van der Waals surface area contributed by atoms with Crippen LogP contribution >= 0.6 is 0 Å². The molecular weight excluding hydrogens is 292 g/mol. The third kappa shape index (κ3) is 15.4. The minimum Gasteiger partial charge on any atom is -0.330 e. The van der Waals surface area contributed by atoms with Gasteiger partial charge in [-0.3, -0.25) is 0 Å². The average molecular weight is 341 g/mol. The van der Waals surface area contributed by atoms with Gasteiger partial charge in [-0.15, -0.1) is 0 Å². The molecule has 0 aromatic rings. The van der Waals surface area contributed by atoms with Gasteiger partial charge in [-0.1, -0.05) is 97.3 Å². The van der Waals surface area contributed by atoms with Gasteiger partial charge in [0.25, 0.3) is 0 Å². The van der Waals surface area contributed by atoms with Crippen LogP contribution < -0.4 is 5.73 Å². The van der Waals surface area contributed by atoms with E-state index in [4.69, 9.17) is 5.73 Å². The largest absolute Gasteiger partial charge is 0.330 e. The zero-order valence-electron chi connectivity index (χ0n) is 17.3. The zero-order chi connectivity index (χ0) is 17.9. The number of hydrogen-bond donors (Lipinski definition) is 1. The molecule has 0 bridgehead atoms. The highest BCUT2D eigenvalue weighted by molar-refractivity contribution is 4.69. The van der Waals surface area contributed by atoms with Gasteiger partial charge in [0.1, 0.15) is 0 Å². The maximum Gasteiger partial charge on any atom is 0.00922 e. The van der Waals surface area contributed by atoms with Crippen molar-refractivity contribution in [3.05, 3.63) is 0 Å². The predicted molar refractivity (Wildman–Crippen MR) is 111 cm³/mol. The Morgan fingerprint density at radius 3 is 1.54 bits per heavy atom. The van der Waals surface area contributed by atoms with E-state index in [9.17, 15) is 0 Å². The second kappa shape index (κ2) is 19.2. The van der Waals surface area contributed by atoms with Crippen LogP contribution in [0.4, 0.5) is 0 Å². The SMILES string of the molecule is CCCCCCCCCCCCC(CCCCC)N(C)CCCN. The Morgan fingerprint density at radius 2 is 1.04 bits per heavy atom. The van der Waals surface area contributed by atoms with E-state index in [0.717, 1.165) is 19.0 Å². The van der Waals surface area contributed by atoms with Crippen molar-refractivity contribution in [2.75, 3.05) is 20.1 Å². The number of rotatable bonds is 19. The summed E-state index contributed by atoms with van der Waals surface area (Å²) in [4.78, 5) is 2.58. The molecule has 2 N–H and O–H groups in total.